The van der Waals surface area contributed by atoms with Gasteiger partial charge in [0.2, 0.25) is 0 Å². The molecule has 0 bridgehead atoms. The highest BCUT2D eigenvalue weighted by atomic mass is 15.1. The molecule has 6 aromatic rings. The zero-order chi connectivity index (χ0) is 22.0. The highest BCUT2D eigenvalue weighted by molar-refractivity contribution is 6.11. The molecule has 156 valence electrons. The summed E-state index contributed by atoms with van der Waals surface area (Å²) in [6, 6.07) is 38.0. The molecule has 2 heterocycles. The first-order chi connectivity index (χ1) is 16.4. The third-order valence-electron chi connectivity index (χ3n) is 5.97. The summed E-state index contributed by atoms with van der Waals surface area (Å²) in [5, 5.41) is 3.36. The van der Waals surface area contributed by atoms with Crippen LogP contribution in [0, 0.1) is 0 Å². The fourth-order valence-electron chi connectivity index (χ4n) is 4.44. The number of pyridine rings is 2. The molecule has 0 saturated heterocycles. The zero-order valence-corrected chi connectivity index (χ0v) is 18.0. The quantitative estimate of drug-likeness (QED) is 0.270. The van der Waals surface area contributed by atoms with Gasteiger partial charge in [-0.05, 0) is 65.7 Å². The molecule has 0 unspecified atom stereocenters. The van der Waals surface area contributed by atoms with E-state index in [1.807, 2.05) is 36.8 Å². The van der Waals surface area contributed by atoms with Crippen molar-refractivity contribution >= 4 is 38.7 Å². The number of hydrogen-bond acceptors (Lipinski definition) is 3. The van der Waals surface area contributed by atoms with E-state index in [4.69, 9.17) is 0 Å². The van der Waals surface area contributed by atoms with Crippen LogP contribution in [0.15, 0.2) is 128 Å². The fraction of sp³-hybridized carbons (Fsp3) is 0. The van der Waals surface area contributed by atoms with Crippen LogP contribution >= 0.6 is 0 Å². The molecule has 0 amide bonds. The molecule has 4 aromatic carbocycles. The predicted octanol–water partition coefficient (Wildman–Crippen LogP) is 7.92. The summed E-state index contributed by atoms with van der Waals surface area (Å²) in [7, 11) is 0. The number of hydrogen-bond donors (Lipinski definition) is 0. The van der Waals surface area contributed by atoms with Crippen molar-refractivity contribution in [2.45, 2.75) is 0 Å². The average molecular weight is 424 g/mol. The van der Waals surface area contributed by atoms with Gasteiger partial charge in [0.1, 0.15) is 0 Å². The van der Waals surface area contributed by atoms with Crippen molar-refractivity contribution in [2.75, 3.05) is 4.90 Å². The Balaban J connectivity index is 1.49. The van der Waals surface area contributed by atoms with E-state index in [2.05, 4.69) is 106 Å². The summed E-state index contributed by atoms with van der Waals surface area (Å²) in [5.74, 6) is 0. The number of fused-ring (bicyclic) bond motifs is 3. The van der Waals surface area contributed by atoms with Gasteiger partial charge in [0.05, 0.1) is 5.52 Å². The number of anilines is 3. The monoisotopic (exact) mass is 423 g/mol. The van der Waals surface area contributed by atoms with Crippen molar-refractivity contribution in [2.24, 2.45) is 0 Å². The molecule has 0 atom stereocenters. The van der Waals surface area contributed by atoms with E-state index < -0.39 is 0 Å². The Morgan fingerprint density at radius 1 is 0.545 bits per heavy atom. The highest BCUT2D eigenvalue weighted by Gasteiger charge is 2.13. The van der Waals surface area contributed by atoms with E-state index in [9.17, 15) is 0 Å². The maximum atomic E-state index is 4.61. The van der Waals surface area contributed by atoms with Crippen LogP contribution in [0.5, 0.6) is 0 Å². The summed E-state index contributed by atoms with van der Waals surface area (Å²) in [4.78, 5) is 11.3. The van der Waals surface area contributed by atoms with Gasteiger partial charge in [-0.2, -0.15) is 0 Å². The molecule has 0 aliphatic carbocycles. The molecule has 0 spiro atoms. The minimum Gasteiger partial charge on any atom is -0.311 e. The van der Waals surface area contributed by atoms with Gasteiger partial charge in [0.25, 0.3) is 0 Å². The Morgan fingerprint density at radius 3 is 1.91 bits per heavy atom. The van der Waals surface area contributed by atoms with E-state index in [0.29, 0.717) is 0 Å². The third kappa shape index (κ3) is 3.50. The first-order valence-corrected chi connectivity index (χ1v) is 11.0. The molecule has 3 nitrogen and oxygen atoms in total. The van der Waals surface area contributed by atoms with Crippen LogP contribution in [-0.2, 0) is 0 Å². The Bertz CT molecular complexity index is 1500. The Labute approximate surface area is 192 Å². The molecule has 0 aliphatic heterocycles. The van der Waals surface area contributed by atoms with Crippen LogP contribution in [0.4, 0.5) is 17.1 Å². The van der Waals surface area contributed by atoms with Gasteiger partial charge in [-0.25, -0.2) is 0 Å². The molecule has 0 fully saturated rings. The molecule has 0 N–H and O–H groups in total. The van der Waals surface area contributed by atoms with Gasteiger partial charge in [0.15, 0.2) is 0 Å². The number of rotatable bonds is 4. The van der Waals surface area contributed by atoms with E-state index in [-0.39, 0.29) is 0 Å². The Morgan fingerprint density at radius 2 is 1.21 bits per heavy atom. The minimum absolute atomic E-state index is 1.01. The van der Waals surface area contributed by atoms with Gasteiger partial charge >= 0.3 is 0 Å². The van der Waals surface area contributed by atoms with Gasteiger partial charge in [-0.1, -0.05) is 54.6 Å². The normalized spacial score (nSPS) is 11.0. The van der Waals surface area contributed by atoms with E-state index >= 15 is 0 Å². The lowest BCUT2D eigenvalue weighted by molar-refractivity contribution is 1.28. The van der Waals surface area contributed by atoms with Crippen molar-refractivity contribution in [1.82, 2.24) is 9.97 Å². The smallest absolute Gasteiger partial charge is 0.0781 e. The molecule has 0 saturated carbocycles. The van der Waals surface area contributed by atoms with Gasteiger partial charge in [-0.15, -0.1) is 0 Å². The maximum Gasteiger partial charge on any atom is 0.0781 e. The summed E-state index contributed by atoms with van der Waals surface area (Å²) in [6.45, 7) is 0. The first-order valence-electron chi connectivity index (χ1n) is 11.0. The van der Waals surface area contributed by atoms with Gasteiger partial charge < -0.3 is 4.90 Å². The lowest BCUT2D eigenvalue weighted by Crippen LogP contribution is -2.09. The van der Waals surface area contributed by atoms with Gasteiger partial charge in [-0.3, -0.25) is 9.97 Å². The van der Waals surface area contributed by atoms with Crippen molar-refractivity contribution in [1.29, 1.82) is 0 Å². The summed E-state index contributed by atoms with van der Waals surface area (Å²) in [5.41, 5.74) is 6.70. The van der Waals surface area contributed by atoms with Crippen LogP contribution < -0.4 is 4.90 Å². The predicted molar refractivity (Wildman–Crippen MR) is 137 cm³/mol. The lowest BCUT2D eigenvalue weighted by atomic mass is 9.96. The topological polar surface area (TPSA) is 29.0 Å². The second kappa shape index (κ2) is 8.21. The highest BCUT2D eigenvalue weighted by Crippen LogP contribution is 2.37. The molecule has 3 heteroatoms. The largest absolute Gasteiger partial charge is 0.311 e. The molecule has 33 heavy (non-hydrogen) atoms. The standard InChI is InChI=1S/C30H21N3/c1-3-9-24(10-4-1)33(25-11-5-2-6-12-25)26-15-13-22(14-16-26)28-20-23-8-7-18-32-30(23)27-17-19-31-21-29(27)28/h1-21H. The Hall–Kier alpha value is -4.50. The van der Waals surface area contributed by atoms with Gasteiger partial charge in [0, 0.05) is 51.8 Å². The zero-order valence-electron chi connectivity index (χ0n) is 18.0. The van der Waals surface area contributed by atoms with E-state index in [0.717, 1.165) is 49.9 Å². The SMILES string of the molecule is c1ccc(N(c2ccccc2)c2ccc(-c3cc4cccnc4c4ccncc34)cc2)cc1. The van der Waals surface area contributed by atoms with Crippen LogP contribution in [0.1, 0.15) is 0 Å². The number of aromatic nitrogens is 2. The van der Waals surface area contributed by atoms with E-state index in [1.165, 1.54) is 0 Å². The molecule has 6 rings (SSSR count). The molecule has 0 radical (unpaired) electrons. The average Bonchev–Trinajstić information content (AvgIpc) is 2.90. The summed E-state index contributed by atoms with van der Waals surface area (Å²) < 4.78 is 0. The Kier molecular flexibility index (Phi) is 4.78. The van der Waals surface area contributed by atoms with Crippen molar-refractivity contribution < 1.29 is 0 Å². The van der Waals surface area contributed by atoms with Crippen molar-refractivity contribution in [3.63, 3.8) is 0 Å². The minimum atomic E-state index is 1.01. The van der Waals surface area contributed by atoms with Crippen molar-refractivity contribution in [3.05, 3.63) is 128 Å². The second-order valence-electron chi connectivity index (χ2n) is 7.97. The number of benzene rings is 4. The molecule has 2 aromatic heterocycles. The summed E-state index contributed by atoms with van der Waals surface area (Å²) >= 11 is 0. The van der Waals surface area contributed by atoms with Crippen LogP contribution in [-0.4, -0.2) is 9.97 Å². The molecular weight excluding hydrogens is 402 g/mol. The fourth-order valence-corrected chi connectivity index (χ4v) is 4.44. The second-order valence-corrected chi connectivity index (χ2v) is 7.97. The molecular formula is C30H21N3. The third-order valence-corrected chi connectivity index (χ3v) is 5.97. The number of nitrogens with zero attached hydrogens (tertiary/aromatic N) is 3. The van der Waals surface area contributed by atoms with Crippen LogP contribution in [0.2, 0.25) is 0 Å². The van der Waals surface area contributed by atoms with Crippen LogP contribution in [0.25, 0.3) is 32.8 Å². The molecule has 0 aliphatic rings. The van der Waals surface area contributed by atoms with E-state index in [1.54, 1.807) is 0 Å². The lowest BCUT2D eigenvalue weighted by Gasteiger charge is -2.25. The number of para-hydroxylation sites is 2. The van der Waals surface area contributed by atoms with Crippen molar-refractivity contribution in [3.8, 4) is 11.1 Å². The first kappa shape index (κ1) is 19.2. The summed E-state index contributed by atoms with van der Waals surface area (Å²) in [6.07, 6.45) is 5.62. The van der Waals surface area contributed by atoms with Crippen LogP contribution in [0.3, 0.4) is 0 Å². The maximum absolute atomic E-state index is 4.61.